The van der Waals surface area contributed by atoms with Crippen molar-refractivity contribution in [1.82, 2.24) is 10.2 Å². The summed E-state index contributed by atoms with van der Waals surface area (Å²) in [5, 5.41) is 11.2. The second-order valence-electron chi connectivity index (χ2n) is 4.42. The molecule has 0 rings (SSSR count). The molecule has 0 heterocycles. The highest BCUT2D eigenvalue weighted by Crippen LogP contribution is 1.99. The Hall–Kier alpha value is -1.83. The Labute approximate surface area is 111 Å². The van der Waals surface area contributed by atoms with Gasteiger partial charge in [-0.05, 0) is 5.92 Å². The molecule has 8 heteroatoms. The third-order valence-electron chi connectivity index (χ3n) is 1.97. The normalized spacial score (nSPS) is 10.3. The molecule has 0 saturated heterocycles. The highest BCUT2D eigenvalue weighted by molar-refractivity contribution is 5.80. The van der Waals surface area contributed by atoms with Crippen LogP contribution in [0.3, 0.4) is 0 Å². The van der Waals surface area contributed by atoms with E-state index in [0.717, 1.165) is 0 Å². The van der Waals surface area contributed by atoms with E-state index in [1.54, 1.807) is 0 Å². The standard InChI is InChI=1S/C11H21N3O5/c1-8(2)5-14(6-10(16)17)11(18)13-3-4-19-7-9(12)15/h8H,3-7H2,1-2H3,(H2,12,15)(H,13,18)(H,16,17). The Balaban J connectivity index is 4.03. The van der Waals surface area contributed by atoms with Crippen LogP contribution in [0.15, 0.2) is 0 Å². The van der Waals surface area contributed by atoms with Crippen LogP contribution in [0, 0.1) is 5.92 Å². The number of hydrogen-bond donors (Lipinski definition) is 3. The van der Waals surface area contributed by atoms with Crippen molar-refractivity contribution < 1.29 is 24.2 Å². The van der Waals surface area contributed by atoms with Crippen molar-refractivity contribution >= 4 is 17.9 Å². The summed E-state index contributed by atoms with van der Waals surface area (Å²) >= 11 is 0. The summed E-state index contributed by atoms with van der Waals surface area (Å²) in [4.78, 5) is 34.0. The summed E-state index contributed by atoms with van der Waals surface area (Å²) in [7, 11) is 0. The number of carbonyl (C=O) groups excluding carboxylic acids is 2. The molecule has 0 aliphatic carbocycles. The number of carboxylic acids is 1. The third-order valence-corrected chi connectivity index (χ3v) is 1.97. The highest BCUT2D eigenvalue weighted by Gasteiger charge is 2.17. The predicted molar refractivity (Wildman–Crippen MR) is 67.5 cm³/mol. The van der Waals surface area contributed by atoms with Crippen LogP contribution in [0.5, 0.6) is 0 Å². The zero-order valence-corrected chi connectivity index (χ0v) is 11.2. The van der Waals surface area contributed by atoms with E-state index in [4.69, 9.17) is 15.6 Å². The maximum Gasteiger partial charge on any atom is 0.323 e. The van der Waals surface area contributed by atoms with E-state index in [1.165, 1.54) is 4.90 Å². The average molecular weight is 275 g/mol. The van der Waals surface area contributed by atoms with Crippen LogP contribution in [0.2, 0.25) is 0 Å². The van der Waals surface area contributed by atoms with Crippen LogP contribution >= 0.6 is 0 Å². The first-order valence-corrected chi connectivity index (χ1v) is 5.93. The quantitative estimate of drug-likeness (QED) is 0.477. The minimum atomic E-state index is -1.07. The molecule has 0 fully saturated rings. The summed E-state index contributed by atoms with van der Waals surface area (Å²) < 4.78 is 4.86. The van der Waals surface area contributed by atoms with Crippen molar-refractivity contribution in [2.45, 2.75) is 13.8 Å². The molecular weight excluding hydrogens is 254 g/mol. The Kier molecular flexibility index (Phi) is 8.27. The number of carboxylic acid groups (broad SMARTS) is 1. The molecule has 19 heavy (non-hydrogen) atoms. The maximum absolute atomic E-state index is 11.7. The van der Waals surface area contributed by atoms with Gasteiger partial charge in [-0.25, -0.2) is 4.79 Å². The molecule has 0 spiro atoms. The van der Waals surface area contributed by atoms with Gasteiger partial charge in [0.05, 0.1) is 6.61 Å². The largest absolute Gasteiger partial charge is 0.480 e. The number of nitrogens with two attached hydrogens (primary N) is 1. The van der Waals surface area contributed by atoms with Gasteiger partial charge in [-0.15, -0.1) is 0 Å². The lowest BCUT2D eigenvalue weighted by molar-refractivity contribution is -0.137. The summed E-state index contributed by atoms with van der Waals surface area (Å²) in [5.74, 6) is -1.49. The fourth-order valence-corrected chi connectivity index (χ4v) is 1.34. The predicted octanol–water partition coefficient (Wildman–Crippen LogP) is -0.759. The smallest absolute Gasteiger partial charge is 0.323 e. The number of ether oxygens (including phenoxy) is 1. The van der Waals surface area contributed by atoms with E-state index < -0.39 is 17.9 Å². The molecule has 0 radical (unpaired) electrons. The minimum Gasteiger partial charge on any atom is -0.480 e. The minimum absolute atomic E-state index is 0.136. The summed E-state index contributed by atoms with van der Waals surface area (Å²) in [6, 6.07) is -0.473. The second-order valence-corrected chi connectivity index (χ2v) is 4.42. The molecule has 0 bridgehead atoms. The van der Waals surface area contributed by atoms with Crippen LogP contribution in [-0.2, 0) is 14.3 Å². The molecule has 4 N–H and O–H groups in total. The van der Waals surface area contributed by atoms with E-state index in [1.807, 2.05) is 13.8 Å². The molecule has 8 nitrogen and oxygen atoms in total. The Morgan fingerprint density at radius 2 is 2.00 bits per heavy atom. The monoisotopic (exact) mass is 275 g/mol. The van der Waals surface area contributed by atoms with Crippen LogP contribution in [0.25, 0.3) is 0 Å². The second kappa shape index (κ2) is 9.15. The summed E-state index contributed by atoms with van der Waals surface area (Å²) in [6.45, 7) is 3.88. The van der Waals surface area contributed by atoms with Crippen LogP contribution in [-0.4, -0.2) is 60.8 Å². The fraction of sp³-hybridized carbons (Fsp3) is 0.727. The van der Waals surface area contributed by atoms with E-state index >= 15 is 0 Å². The van der Waals surface area contributed by atoms with Crippen LogP contribution in [0.4, 0.5) is 4.79 Å². The van der Waals surface area contributed by atoms with Crippen LogP contribution < -0.4 is 11.1 Å². The highest BCUT2D eigenvalue weighted by atomic mass is 16.5. The van der Waals surface area contributed by atoms with Crippen molar-refractivity contribution in [2.75, 3.05) is 32.8 Å². The SMILES string of the molecule is CC(C)CN(CC(=O)O)C(=O)NCCOCC(N)=O. The first-order valence-electron chi connectivity index (χ1n) is 5.93. The number of nitrogens with one attached hydrogen (secondary N) is 1. The molecule has 0 unspecified atom stereocenters. The van der Waals surface area contributed by atoms with E-state index in [-0.39, 0.29) is 32.2 Å². The number of hydrogen-bond acceptors (Lipinski definition) is 4. The van der Waals surface area contributed by atoms with E-state index in [2.05, 4.69) is 5.32 Å². The molecule has 0 atom stereocenters. The fourth-order valence-electron chi connectivity index (χ4n) is 1.34. The maximum atomic E-state index is 11.7. The summed E-state index contributed by atoms with van der Waals surface area (Å²) in [5.41, 5.74) is 4.87. The lowest BCUT2D eigenvalue weighted by Gasteiger charge is -2.23. The summed E-state index contributed by atoms with van der Waals surface area (Å²) in [6.07, 6.45) is 0. The van der Waals surface area contributed by atoms with Crippen molar-refractivity contribution in [3.05, 3.63) is 0 Å². The molecule has 0 saturated carbocycles. The Bertz CT molecular complexity index is 319. The third kappa shape index (κ3) is 9.83. The molecule has 3 amide bonds. The van der Waals surface area contributed by atoms with Crippen molar-refractivity contribution in [1.29, 1.82) is 0 Å². The van der Waals surface area contributed by atoms with Gasteiger partial charge in [-0.3, -0.25) is 9.59 Å². The number of primary amides is 1. The van der Waals surface area contributed by atoms with Crippen molar-refractivity contribution in [3.63, 3.8) is 0 Å². The van der Waals surface area contributed by atoms with Gasteiger partial charge < -0.3 is 25.8 Å². The van der Waals surface area contributed by atoms with Gasteiger partial charge in [0, 0.05) is 13.1 Å². The Morgan fingerprint density at radius 3 is 2.47 bits per heavy atom. The van der Waals surface area contributed by atoms with Gasteiger partial charge in [-0.1, -0.05) is 13.8 Å². The van der Waals surface area contributed by atoms with Gasteiger partial charge >= 0.3 is 12.0 Å². The van der Waals surface area contributed by atoms with Gasteiger partial charge in [-0.2, -0.15) is 0 Å². The molecule has 0 aromatic rings. The average Bonchev–Trinajstić information content (AvgIpc) is 2.25. The first-order chi connectivity index (χ1) is 8.82. The first kappa shape index (κ1) is 17.2. The molecular formula is C11H21N3O5. The molecule has 0 aliphatic rings. The lowest BCUT2D eigenvalue weighted by Crippen LogP contribution is -2.45. The van der Waals surface area contributed by atoms with Crippen molar-refractivity contribution in [3.8, 4) is 0 Å². The number of urea groups is 1. The lowest BCUT2D eigenvalue weighted by atomic mass is 10.2. The topological polar surface area (TPSA) is 122 Å². The zero-order chi connectivity index (χ0) is 14.8. The van der Waals surface area contributed by atoms with Gasteiger partial charge in [0.2, 0.25) is 5.91 Å². The molecule has 0 aliphatic heterocycles. The van der Waals surface area contributed by atoms with Gasteiger partial charge in [0.25, 0.3) is 0 Å². The number of amides is 3. The number of carbonyl (C=O) groups is 3. The molecule has 110 valence electrons. The van der Waals surface area contributed by atoms with E-state index in [0.29, 0.717) is 6.54 Å². The molecule has 0 aromatic heterocycles. The van der Waals surface area contributed by atoms with Gasteiger partial charge in [0.1, 0.15) is 13.2 Å². The van der Waals surface area contributed by atoms with Crippen LogP contribution in [0.1, 0.15) is 13.8 Å². The van der Waals surface area contributed by atoms with Gasteiger partial charge in [0.15, 0.2) is 0 Å². The Morgan fingerprint density at radius 1 is 1.37 bits per heavy atom. The zero-order valence-electron chi connectivity index (χ0n) is 11.2. The number of aliphatic carboxylic acids is 1. The van der Waals surface area contributed by atoms with Crippen molar-refractivity contribution in [2.24, 2.45) is 11.7 Å². The molecule has 0 aromatic carbocycles. The number of nitrogens with zero attached hydrogens (tertiary/aromatic N) is 1. The van der Waals surface area contributed by atoms with E-state index in [9.17, 15) is 14.4 Å². The number of rotatable bonds is 9.